The minimum atomic E-state index is 0.323. The Kier molecular flexibility index (Phi) is 3.90. The van der Waals surface area contributed by atoms with Crippen LogP contribution in [0.15, 0.2) is 24.8 Å². The van der Waals surface area contributed by atoms with Gasteiger partial charge in [-0.15, -0.1) is 6.58 Å². The van der Waals surface area contributed by atoms with Gasteiger partial charge in [0.2, 0.25) is 0 Å². The Morgan fingerprint density at radius 1 is 1.32 bits per heavy atom. The molecule has 0 saturated heterocycles. The summed E-state index contributed by atoms with van der Waals surface area (Å²) in [5.74, 6) is 1.52. The molecule has 0 fully saturated rings. The van der Waals surface area contributed by atoms with E-state index in [9.17, 15) is 0 Å². The van der Waals surface area contributed by atoms with Gasteiger partial charge < -0.3 is 0 Å². The van der Waals surface area contributed by atoms with Gasteiger partial charge in [0.25, 0.3) is 0 Å². The molecule has 1 aromatic rings. The van der Waals surface area contributed by atoms with Crippen LogP contribution < -0.4 is 0 Å². The maximum atomic E-state index is 3.98. The largest absolute Gasteiger partial charge is 0.103 e. The van der Waals surface area contributed by atoms with Crippen LogP contribution >= 0.6 is 0 Å². The van der Waals surface area contributed by atoms with Crippen LogP contribution in [-0.4, -0.2) is 0 Å². The highest BCUT2D eigenvalue weighted by atomic mass is 14.5. The van der Waals surface area contributed by atoms with Crippen molar-refractivity contribution < 1.29 is 0 Å². The van der Waals surface area contributed by atoms with E-state index in [1.165, 1.54) is 24.0 Å². The van der Waals surface area contributed by atoms with E-state index in [0.29, 0.717) is 5.41 Å². The lowest BCUT2D eigenvalue weighted by atomic mass is 9.53. The Bertz CT molecular complexity index is 481. The third kappa shape index (κ3) is 2.38. The molecule has 104 valence electrons. The topological polar surface area (TPSA) is 0 Å². The van der Waals surface area contributed by atoms with Crippen LogP contribution in [0.4, 0.5) is 0 Å². The van der Waals surface area contributed by atoms with Crippen LogP contribution in [0.3, 0.4) is 0 Å². The summed E-state index contributed by atoms with van der Waals surface area (Å²) < 4.78 is 0. The van der Waals surface area contributed by atoms with E-state index >= 15 is 0 Å². The second kappa shape index (κ2) is 5.15. The summed E-state index contributed by atoms with van der Waals surface area (Å²) in [6, 6.07) is 4.75. The third-order valence-corrected chi connectivity index (χ3v) is 4.83. The van der Waals surface area contributed by atoms with Crippen molar-refractivity contribution in [1.82, 2.24) is 0 Å². The van der Waals surface area contributed by atoms with Gasteiger partial charge >= 0.3 is 0 Å². The summed E-state index contributed by atoms with van der Waals surface area (Å²) in [6.45, 7) is 15.6. The molecule has 0 heterocycles. The zero-order valence-electron chi connectivity index (χ0n) is 13.2. The van der Waals surface area contributed by atoms with E-state index in [-0.39, 0.29) is 0 Å². The molecular formula is C19H28. The molecule has 0 nitrogen and oxygen atoms in total. The number of allylic oxidation sites excluding steroid dienone is 1. The van der Waals surface area contributed by atoms with Crippen LogP contribution in [0, 0.1) is 19.8 Å². The Morgan fingerprint density at radius 3 is 2.58 bits per heavy atom. The van der Waals surface area contributed by atoms with Crippen LogP contribution in [0.5, 0.6) is 0 Å². The number of fused-ring (bicyclic) bond motifs is 1. The van der Waals surface area contributed by atoms with E-state index < -0.39 is 0 Å². The van der Waals surface area contributed by atoms with Gasteiger partial charge in [-0.3, -0.25) is 0 Å². The van der Waals surface area contributed by atoms with Crippen molar-refractivity contribution in [1.29, 1.82) is 0 Å². The number of hydrogen-bond acceptors (Lipinski definition) is 0. The summed E-state index contributed by atoms with van der Waals surface area (Å²) in [4.78, 5) is 0. The van der Waals surface area contributed by atoms with Gasteiger partial charge in [0.15, 0.2) is 0 Å². The molecule has 0 heteroatoms. The fourth-order valence-corrected chi connectivity index (χ4v) is 4.01. The predicted molar refractivity (Wildman–Crippen MR) is 84.9 cm³/mol. The first-order valence-corrected chi connectivity index (χ1v) is 7.62. The van der Waals surface area contributed by atoms with Crippen molar-refractivity contribution in [3.63, 3.8) is 0 Å². The number of rotatable bonds is 5. The van der Waals surface area contributed by atoms with Gasteiger partial charge in [-0.25, -0.2) is 0 Å². The molecule has 0 aliphatic heterocycles. The average Bonchev–Trinajstić information content (AvgIpc) is 2.27. The minimum absolute atomic E-state index is 0.323. The maximum Gasteiger partial charge on any atom is 0.00332 e. The molecule has 0 spiro atoms. The summed E-state index contributed by atoms with van der Waals surface area (Å²) in [5, 5.41) is 0. The first kappa shape index (κ1) is 14.4. The number of benzene rings is 1. The predicted octanol–water partition coefficient (Wildman–Crippen LogP) is 5.67. The average molecular weight is 256 g/mol. The SMILES string of the molecule is C=CCC1(C)c2c(C)cc(C)cc2C1CCC(C)C. The molecule has 2 atom stereocenters. The Labute approximate surface area is 118 Å². The van der Waals surface area contributed by atoms with Crippen molar-refractivity contribution in [2.45, 2.75) is 65.2 Å². The lowest BCUT2D eigenvalue weighted by molar-refractivity contribution is 0.285. The lowest BCUT2D eigenvalue weighted by Crippen LogP contribution is -2.42. The molecular weight excluding hydrogens is 228 g/mol. The summed E-state index contributed by atoms with van der Waals surface area (Å²) in [6.07, 6.45) is 5.85. The minimum Gasteiger partial charge on any atom is -0.103 e. The molecule has 1 aliphatic carbocycles. The van der Waals surface area contributed by atoms with E-state index in [1.807, 2.05) is 0 Å². The monoisotopic (exact) mass is 256 g/mol. The van der Waals surface area contributed by atoms with Gasteiger partial charge in [-0.05, 0) is 55.2 Å². The molecule has 0 amide bonds. The number of hydrogen-bond donors (Lipinski definition) is 0. The van der Waals surface area contributed by atoms with E-state index in [0.717, 1.165) is 18.3 Å². The van der Waals surface area contributed by atoms with Crippen molar-refractivity contribution in [3.05, 3.63) is 47.0 Å². The molecule has 0 N–H and O–H groups in total. The lowest BCUT2D eigenvalue weighted by Gasteiger charge is -2.51. The van der Waals surface area contributed by atoms with Gasteiger partial charge in [-0.2, -0.15) is 0 Å². The molecule has 2 unspecified atom stereocenters. The highest BCUT2D eigenvalue weighted by molar-refractivity contribution is 5.55. The molecule has 2 rings (SSSR count). The van der Waals surface area contributed by atoms with Crippen LogP contribution in [0.25, 0.3) is 0 Å². The van der Waals surface area contributed by atoms with Gasteiger partial charge in [0.1, 0.15) is 0 Å². The normalized spacial score (nSPS) is 25.1. The van der Waals surface area contributed by atoms with E-state index in [1.54, 1.807) is 11.1 Å². The smallest absolute Gasteiger partial charge is 0.00332 e. The summed E-state index contributed by atoms with van der Waals surface area (Å²) in [7, 11) is 0. The van der Waals surface area contributed by atoms with Gasteiger partial charge in [0.05, 0.1) is 0 Å². The summed E-state index contributed by atoms with van der Waals surface area (Å²) in [5.41, 5.74) is 6.42. The highest BCUT2D eigenvalue weighted by Gasteiger charge is 2.47. The molecule has 19 heavy (non-hydrogen) atoms. The van der Waals surface area contributed by atoms with Gasteiger partial charge in [0, 0.05) is 5.41 Å². The Balaban J connectivity index is 2.37. The number of aryl methyl sites for hydroxylation is 2. The molecule has 1 aromatic carbocycles. The first-order valence-electron chi connectivity index (χ1n) is 7.62. The van der Waals surface area contributed by atoms with E-state index in [2.05, 4.69) is 59.4 Å². The van der Waals surface area contributed by atoms with Crippen molar-refractivity contribution in [3.8, 4) is 0 Å². The Morgan fingerprint density at radius 2 is 2.00 bits per heavy atom. The van der Waals surface area contributed by atoms with Crippen LogP contribution in [-0.2, 0) is 5.41 Å². The standard InChI is InChI=1S/C19H28/c1-7-10-19(6)17(9-8-13(2)3)16-12-14(4)11-15(5)18(16)19/h7,11-13,17H,1,8-10H2,2-6H3. The molecule has 0 bridgehead atoms. The van der Waals surface area contributed by atoms with Crippen LogP contribution in [0.1, 0.15) is 68.2 Å². The molecule has 0 saturated carbocycles. The molecule has 0 aromatic heterocycles. The molecule has 0 radical (unpaired) electrons. The fourth-order valence-electron chi connectivity index (χ4n) is 4.01. The zero-order chi connectivity index (χ0) is 14.2. The fraction of sp³-hybridized carbons (Fsp3) is 0.579. The third-order valence-electron chi connectivity index (χ3n) is 4.83. The quantitative estimate of drug-likeness (QED) is 0.595. The highest BCUT2D eigenvalue weighted by Crippen LogP contribution is 2.57. The zero-order valence-corrected chi connectivity index (χ0v) is 13.2. The van der Waals surface area contributed by atoms with Crippen LogP contribution in [0.2, 0.25) is 0 Å². The maximum absolute atomic E-state index is 3.98. The summed E-state index contributed by atoms with van der Waals surface area (Å²) >= 11 is 0. The van der Waals surface area contributed by atoms with Gasteiger partial charge in [-0.1, -0.05) is 51.0 Å². The second-order valence-corrected chi connectivity index (χ2v) is 6.98. The second-order valence-electron chi connectivity index (χ2n) is 6.98. The Hall–Kier alpha value is -1.04. The molecule has 1 aliphatic rings. The van der Waals surface area contributed by atoms with E-state index in [4.69, 9.17) is 0 Å². The first-order chi connectivity index (χ1) is 8.90. The van der Waals surface area contributed by atoms with Crippen molar-refractivity contribution >= 4 is 0 Å². The van der Waals surface area contributed by atoms with Crippen molar-refractivity contribution in [2.75, 3.05) is 0 Å². The van der Waals surface area contributed by atoms with Crippen molar-refractivity contribution in [2.24, 2.45) is 5.92 Å².